The number of aromatic nitrogens is 1. The van der Waals surface area contributed by atoms with Gasteiger partial charge in [0.15, 0.2) is 0 Å². The molecule has 2 aliphatic rings. The van der Waals surface area contributed by atoms with Crippen molar-refractivity contribution in [3.8, 4) is 0 Å². The Morgan fingerprint density at radius 3 is 2.68 bits per heavy atom. The lowest BCUT2D eigenvalue weighted by atomic mass is 9.54. The molecule has 0 radical (unpaired) electrons. The summed E-state index contributed by atoms with van der Waals surface area (Å²) in [6.07, 6.45) is 4.90. The zero-order chi connectivity index (χ0) is 18.1. The fraction of sp³-hybridized carbons (Fsp3) is 0.684. The molecule has 3 rings (SSSR count). The summed E-state index contributed by atoms with van der Waals surface area (Å²) in [7, 11) is 0. The topological polar surface area (TPSA) is 80.5 Å². The summed E-state index contributed by atoms with van der Waals surface area (Å²) in [6.45, 7) is 9.21. The first-order valence-electron chi connectivity index (χ1n) is 9.27. The number of ether oxygens (including phenoxy) is 1. The first kappa shape index (κ1) is 18.1. The number of nitrogens with zero attached hydrogens (tertiary/aromatic N) is 2. The minimum atomic E-state index is -0.879. The fourth-order valence-corrected chi connectivity index (χ4v) is 3.82. The molecule has 2 unspecified atom stereocenters. The predicted octanol–water partition coefficient (Wildman–Crippen LogP) is 1.83. The van der Waals surface area contributed by atoms with Gasteiger partial charge in [-0.3, -0.25) is 4.79 Å². The van der Waals surface area contributed by atoms with E-state index in [1.807, 2.05) is 39.1 Å². The largest absolute Gasteiger partial charge is 0.378 e. The molecule has 138 valence electrons. The van der Waals surface area contributed by atoms with Crippen LogP contribution in [0.15, 0.2) is 18.3 Å². The monoisotopic (exact) mass is 346 g/mol. The summed E-state index contributed by atoms with van der Waals surface area (Å²) >= 11 is 0. The van der Waals surface area contributed by atoms with Crippen molar-refractivity contribution in [2.24, 2.45) is 11.1 Å². The van der Waals surface area contributed by atoms with Gasteiger partial charge in [0, 0.05) is 44.3 Å². The van der Waals surface area contributed by atoms with Crippen molar-refractivity contribution in [3.05, 3.63) is 23.9 Å². The molecule has 0 spiro atoms. The van der Waals surface area contributed by atoms with Crippen LogP contribution in [0.25, 0.3) is 0 Å². The number of nitrogens with one attached hydrogen (secondary N) is 1. The van der Waals surface area contributed by atoms with Crippen molar-refractivity contribution < 1.29 is 9.53 Å². The van der Waals surface area contributed by atoms with E-state index in [2.05, 4.69) is 15.2 Å². The van der Waals surface area contributed by atoms with Gasteiger partial charge in [0.25, 0.3) is 0 Å². The predicted molar refractivity (Wildman–Crippen MR) is 98.3 cm³/mol. The van der Waals surface area contributed by atoms with Crippen LogP contribution in [0.4, 0.5) is 5.82 Å². The summed E-state index contributed by atoms with van der Waals surface area (Å²) < 4.78 is 5.69. The third-order valence-corrected chi connectivity index (χ3v) is 5.93. The molecule has 25 heavy (non-hydrogen) atoms. The van der Waals surface area contributed by atoms with Crippen LogP contribution in [0, 0.1) is 5.41 Å². The zero-order valence-electron chi connectivity index (χ0n) is 15.5. The second kappa shape index (κ2) is 6.92. The minimum absolute atomic E-state index is 0.0367. The number of carbonyl (C=O) groups is 1. The molecule has 1 aliphatic carbocycles. The summed E-state index contributed by atoms with van der Waals surface area (Å²) in [6, 6.07) is 4.06. The molecule has 0 aromatic carbocycles. The first-order valence-corrected chi connectivity index (χ1v) is 9.27. The molecule has 1 saturated carbocycles. The van der Waals surface area contributed by atoms with E-state index in [4.69, 9.17) is 10.5 Å². The third-order valence-electron chi connectivity index (χ3n) is 5.93. The molecule has 1 aromatic heterocycles. The van der Waals surface area contributed by atoms with Crippen molar-refractivity contribution in [3.63, 3.8) is 0 Å². The van der Waals surface area contributed by atoms with Crippen LogP contribution in [0.2, 0.25) is 0 Å². The molecular formula is C19H30N4O2. The van der Waals surface area contributed by atoms with Gasteiger partial charge in [-0.2, -0.15) is 0 Å². The summed E-state index contributed by atoms with van der Waals surface area (Å²) in [5.74, 6) is 0.902. The van der Waals surface area contributed by atoms with Crippen molar-refractivity contribution in [1.82, 2.24) is 10.3 Å². The third kappa shape index (κ3) is 3.25. The zero-order valence-corrected chi connectivity index (χ0v) is 15.5. The maximum Gasteiger partial charge on any atom is 0.241 e. The lowest BCUT2D eigenvalue weighted by molar-refractivity contribution is -0.170. The Balaban J connectivity index is 1.55. The normalized spacial score (nSPS) is 27.8. The first-order chi connectivity index (χ1) is 11.9. The highest BCUT2D eigenvalue weighted by molar-refractivity contribution is 5.88. The highest BCUT2D eigenvalue weighted by Gasteiger charge is 2.62. The van der Waals surface area contributed by atoms with Crippen molar-refractivity contribution >= 4 is 11.7 Å². The van der Waals surface area contributed by atoms with Gasteiger partial charge in [0.05, 0.1) is 6.10 Å². The Labute approximate surface area is 150 Å². The highest BCUT2D eigenvalue weighted by Crippen LogP contribution is 2.49. The standard InChI is InChI=1S/C19H30N4O2/c1-4-25-15-11-19(20,18(15,2)3)17(24)22-13-14-7-8-16(21-12-14)23-9-5-6-10-23/h7-8,12,15H,4-6,9-11,13,20H2,1-3H3,(H,22,24). The number of amides is 1. The van der Waals surface area contributed by atoms with E-state index in [-0.39, 0.29) is 17.4 Å². The van der Waals surface area contributed by atoms with Gasteiger partial charge in [-0.1, -0.05) is 19.9 Å². The summed E-state index contributed by atoms with van der Waals surface area (Å²) in [4.78, 5) is 19.5. The molecule has 6 heteroatoms. The van der Waals surface area contributed by atoms with Gasteiger partial charge >= 0.3 is 0 Å². The van der Waals surface area contributed by atoms with Crippen LogP contribution >= 0.6 is 0 Å². The Morgan fingerprint density at radius 2 is 2.12 bits per heavy atom. The van der Waals surface area contributed by atoms with E-state index < -0.39 is 5.54 Å². The molecule has 1 aromatic rings. The molecule has 1 aliphatic heterocycles. The van der Waals surface area contributed by atoms with Crippen LogP contribution in [0.3, 0.4) is 0 Å². The molecule has 2 atom stereocenters. The lowest BCUT2D eigenvalue weighted by Crippen LogP contribution is -2.75. The smallest absolute Gasteiger partial charge is 0.241 e. The van der Waals surface area contributed by atoms with Gasteiger partial charge in [-0.15, -0.1) is 0 Å². The molecular weight excluding hydrogens is 316 g/mol. The average molecular weight is 346 g/mol. The average Bonchev–Trinajstić information content (AvgIpc) is 3.14. The van der Waals surface area contributed by atoms with E-state index >= 15 is 0 Å². The number of carbonyl (C=O) groups excluding carboxylic acids is 1. The minimum Gasteiger partial charge on any atom is -0.378 e. The molecule has 1 amide bonds. The fourth-order valence-electron chi connectivity index (χ4n) is 3.82. The number of nitrogens with two attached hydrogens (primary N) is 1. The molecule has 0 bridgehead atoms. The van der Waals surface area contributed by atoms with E-state index in [1.54, 1.807) is 0 Å². The van der Waals surface area contributed by atoms with Gasteiger partial charge in [-0.25, -0.2) is 4.98 Å². The summed E-state index contributed by atoms with van der Waals surface area (Å²) in [5.41, 5.74) is 6.14. The highest BCUT2D eigenvalue weighted by atomic mass is 16.5. The number of hydrogen-bond acceptors (Lipinski definition) is 5. The second-order valence-corrected chi connectivity index (χ2v) is 7.74. The molecule has 2 heterocycles. The Kier molecular flexibility index (Phi) is 5.02. The second-order valence-electron chi connectivity index (χ2n) is 7.74. The molecule has 3 N–H and O–H groups in total. The van der Waals surface area contributed by atoms with Crippen LogP contribution in [0.1, 0.15) is 45.6 Å². The van der Waals surface area contributed by atoms with Gasteiger partial charge in [0.1, 0.15) is 11.4 Å². The van der Waals surface area contributed by atoms with Crippen molar-refractivity contribution in [1.29, 1.82) is 0 Å². The summed E-state index contributed by atoms with van der Waals surface area (Å²) in [5, 5.41) is 2.98. The van der Waals surface area contributed by atoms with Crippen LogP contribution in [0.5, 0.6) is 0 Å². The maximum atomic E-state index is 12.6. The number of rotatable bonds is 6. The Bertz CT molecular complexity index is 610. The molecule has 2 fully saturated rings. The van der Waals surface area contributed by atoms with E-state index in [0.717, 1.165) is 24.5 Å². The van der Waals surface area contributed by atoms with Crippen molar-refractivity contribution in [2.45, 2.75) is 58.2 Å². The Morgan fingerprint density at radius 1 is 1.40 bits per heavy atom. The molecule has 6 nitrogen and oxygen atoms in total. The van der Waals surface area contributed by atoms with Crippen LogP contribution in [-0.4, -0.2) is 42.2 Å². The van der Waals surface area contributed by atoms with Gasteiger partial charge < -0.3 is 20.7 Å². The van der Waals surface area contributed by atoms with Gasteiger partial charge in [0.2, 0.25) is 5.91 Å². The van der Waals surface area contributed by atoms with E-state index in [9.17, 15) is 4.79 Å². The number of anilines is 1. The number of pyridine rings is 1. The quantitative estimate of drug-likeness (QED) is 0.821. The van der Waals surface area contributed by atoms with E-state index in [0.29, 0.717) is 19.6 Å². The number of hydrogen-bond donors (Lipinski definition) is 2. The lowest BCUT2D eigenvalue weighted by Gasteiger charge is -2.57. The van der Waals surface area contributed by atoms with Crippen molar-refractivity contribution in [2.75, 3.05) is 24.6 Å². The van der Waals surface area contributed by atoms with Gasteiger partial charge in [-0.05, 0) is 31.4 Å². The molecule has 1 saturated heterocycles. The SMILES string of the molecule is CCOC1CC(N)(C(=O)NCc2ccc(N3CCCC3)nc2)C1(C)C. The maximum absolute atomic E-state index is 12.6. The van der Waals surface area contributed by atoms with Crippen LogP contribution in [-0.2, 0) is 16.1 Å². The van der Waals surface area contributed by atoms with Crippen LogP contribution < -0.4 is 16.0 Å². The van der Waals surface area contributed by atoms with E-state index in [1.165, 1.54) is 12.8 Å². The Hall–Kier alpha value is -1.66.